The Morgan fingerprint density at radius 2 is 0.500 bits per heavy atom. The highest BCUT2D eigenvalue weighted by Crippen LogP contribution is 2.17. The summed E-state index contributed by atoms with van der Waals surface area (Å²) in [6, 6.07) is 0. The maximum absolute atomic E-state index is 12.9. The van der Waals surface area contributed by atoms with Crippen molar-refractivity contribution in [2.24, 2.45) is 0 Å². The number of rotatable bonds is 61. The normalized spacial score (nSPS) is 12.6. The standard InChI is InChI=1S/C72H126O6/c1-4-7-10-13-16-19-22-25-27-29-30-31-32-33-34-35-36-37-38-39-40-41-42-43-45-47-50-53-56-59-62-65-71(74)77-68-69(67-76-70(73)64-61-58-55-52-49-46-24-21-18-15-12-9-6-3)78-72(75)66-63-60-57-54-51-48-44-28-26-23-20-17-14-11-8-5-2/h9,12,18,21-22,25,28-30,32-33,44,46,49,69H,4-8,10-11,13-17,19-20,23-24,26-27,31,34-43,45,47-48,50-68H2,1-3H3/b12-9-,21-18-,25-22-,30-29-,33-32-,44-28-,49-46-. The molecule has 1 unspecified atom stereocenters. The molecule has 0 saturated carbocycles. The zero-order valence-electron chi connectivity index (χ0n) is 51.7. The Morgan fingerprint density at radius 1 is 0.269 bits per heavy atom. The van der Waals surface area contributed by atoms with Gasteiger partial charge in [0.05, 0.1) is 0 Å². The molecule has 0 aliphatic rings. The van der Waals surface area contributed by atoms with Gasteiger partial charge in [-0.1, -0.05) is 286 Å². The van der Waals surface area contributed by atoms with Crippen molar-refractivity contribution in [1.82, 2.24) is 0 Å². The first kappa shape index (κ1) is 74.6. The molecule has 0 heterocycles. The third-order valence-corrected chi connectivity index (χ3v) is 14.6. The van der Waals surface area contributed by atoms with E-state index in [2.05, 4.69) is 106 Å². The van der Waals surface area contributed by atoms with Crippen LogP contribution in [0.5, 0.6) is 0 Å². The fourth-order valence-corrected chi connectivity index (χ4v) is 9.58. The maximum Gasteiger partial charge on any atom is 0.306 e. The van der Waals surface area contributed by atoms with Crippen molar-refractivity contribution in [2.75, 3.05) is 13.2 Å². The van der Waals surface area contributed by atoms with Crippen molar-refractivity contribution in [3.05, 3.63) is 85.1 Å². The number of esters is 3. The van der Waals surface area contributed by atoms with Gasteiger partial charge in [-0.05, 0) is 116 Å². The topological polar surface area (TPSA) is 78.9 Å². The summed E-state index contributed by atoms with van der Waals surface area (Å²) in [5.41, 5.74) is 0. The second-order valence-electron chi connectivity index (χ2n) is 22.3. The van der Waals surface area contributed by atoms with Gasteiger partial charge in [0, 0.05) is 19.3 Å². The molecule has 450 valence electrons. The van der Waals surface area contributed by atoms with Gasteiger partial charge in [-0.2, -0.15) is 0 Å². The van der Waals surface area contributed by atoms with Crippen LogP contribution >= 0.6 is 0 Å². The van der Waals surface area contributed by atoms with Gasteiger partial charge in [0.15, 0.2) is 6.10 Å². The third-order valence-electron chi connectivity index (χ3n) is 14.6. The molecule has 0 N–H and O–H groups in total. The SMILES string of the molecule is CC/C=C\C/C=C\C/C=C\CCCCCC(=O)OCC(COC(=O)CCCCCCCCCCCCCCCCCC/C=C\C/C=C\C/C=C\CCCCCCC)OC(=O)CCCCCCC/C=C\CCCCCCCCC. The lowest BCUT2D eigenvalue weighted by atomic mass is 10.0. The lowest BCUT2D eigenvalue weighted by Gasteiger charge is -2.18. The van der Waals surface area contributed by atoms with E-state index < -0.39 is 6.10 Å². The van der Waals surface area contributed by atoms with Crippen LogP contribution in [0.1, 0.15) is 335 Å². The van der Waals surface area contributed by atoms with E-state index in [0.717, 1.165) is 109 Å². The van der Waals surface area contributed by atoms with Crippen LogP contribution in [0.2, 0.25) is 0 Å². The number of unbranched alkanes of at least 4 members (excludes halogenated alkanes) is 36. The van der Waals surface area contributed by atoms with Gasteiger partial charge < -0.3 is 14.2 Å². The summed E-state index contributed by atoms with van der Waals surface area (Å²) < 4.78 is 16.9. The molecule has 0 aliphatic carbocycles. The number of carbonyl (C=O) groups excluding carboxylic acids is 3. The maximum atomic E-state index is 12.9. The molecule has 0 saturated heterocycles. The third kappa shape index (κ3) is 63.4. The number of carbonyl (C=O) groups is 3. The predicted molar refractivity (Wildman–Crippen MR) is 339 cm³/mol. The van der Waals surface area contributed by atoms with E-state index in [1.165, 1.54) is 186 Å². The first-order chi connectivity index (χ1) is 38.5. The number of hydrogen-bond acceptors (Lipinski definition) is 6. The van der Waals surface area contributed by atoms with E-state index in [9.17, 15) is 14.4 Å². The van der Waals surface area contributed by atoms with Gasteiger partial charge >= 0.3 is 17.9 Å². The van der Waals surface area contributed by atoms with Gasteiger partial charge in [0.2, 0.25) is 0 Å². The van der Waals surface area contributed by atoms with Gasteiger partial charge in [0.1, 0.15) is 13.2 Å². The Kier molecular flexibility index (Phi) is 63.2. The first-order valence-electron chi connectivity index (χ1n) is 33.6. The van der Waals surface area contributed by atoms with Gasteiger partial charge in [-0.15, -0.1) is 0 Å². The summed E-state index contributed by atoms with van der Waals surface area (Å²) in [5, 5.41) is 0. The molecule has 78 heavy (non-hydrogen) atoms. The largest absolute Gasteiger partial charge is 0.462 e. The molecule has 0 radical (unpaired) electrons. The fraction of sp³-hybridized carbons (Fsp3) is 0.764. The average molecular weight is 1090 g/mol. The smallest absolute Gasteiger partial charge is 0.306 e. The lowest BCUT2D eigenvalue weighted by molar-refractivity contribution is -0.167. The molecule has 0 aromatic carbocycles. The van der Waals surface area contributed by atoms with Crippen molar-refractivity contribution < 1.29 is 28.6 Å². The predicted octanol–water partition coefficient (Wildman–Crippen LogP) is 23.1. The highest BCUT2D eigenvalue weighted by molar-refractivity contribution is 5.71. The minimum Gasteiger partial charge on any atom is -0.462 e. The van der Waals surface area contributed by atoms with Crippen molar-refractivity contribution in [1.29, 1.82) is 0 Å². The zero-order chi connectivity index (χ0) is 56.4. The van der Waals surface area contributed by atoms with Crippen LogP contribution in [0, 0.1) is 0 Å². The van der Waals surface area contributed by atoms with Crippen molar-refractivity contribution in [2.45, 2.75) is 341 Å². The van der Waals surface area contributed by atoms with Crippen LogP contribution in [-0.2, 0) is 28.6 Å². The number of hydrogen-bond donors (Lipinski definition) is 0. The molecule has 0 aromatic heterocycles. The molecule has 0 fully saturated rings. The number of allylic oxidation sites excluding steroid dienone is 14. The van der Waals surface area contributed by atoms with Crippen molar-refractivity contribution >= 4 is 17.9 Å². The van der Waals surface area contributed by atoms with Gasteiger partial charge in [-0.25, -0.2) is 0 Å². The summed E-state index contributed by atoms with van der Waals surface area (Å²) in [6.07, 6.45) is 87.6. The van der Waals surface area contributed by atoms with E-state index >= 15 is 0 Å². The molecule has 6 heteroatoms. The molecule has 0 bridgehead atoms. The van der Waals surface area contributed by atoms with Gasteiger partial charge in [-0.3, -0.25) is 14.4 Å². The average Bonchev–Trinajstić information content (AvgIpc) is 3.44. The lowest BCUT2D eigenvalue weighted by Crippen LogP contribution is -2.30. The molecule has 0 rings (SSSR count). The highest BCUT2D eigenvalue weighted by atomic mass is 16.6. The summed E-state index contributed by atoms with van der Waals surface area (Å²) >= 11 is 0. The van der Waals surface area contributed by atoms with Crippen LogP contribution in [0.25, 0.3) is 0 Å². The minimum absolute atomic E-state index is 0.0872. The van der Waals surface area contributed by atoms with Crippen molar-refractivity contribution in [3.8, 4) is 0 Å². The first-order valence-corrected chi connectivity index (χ1v) is 33.6. The Labute approximate surface area is 484 Å². The summed E-state index contributed by atoms with van der Waals surface area (Å²) in [5.74, 6) is -0.914. The highest BCUT2D eigenvalue weighted by Gasteiger charge is 2.19. The van der Waals surface area contributed by atoms with Gasteiger partial charge in [0.25, 0.3) is 0 Å². The van der Waals surface area contributed by atoms with E-state index in [0.29, 0.717) is 19.3 Å². The molecule has 6 nitrogen and oxygen atoms in total. The van der Waals surface area contributed by atoms with Crippen LogP contribution in [0.4, 0.5) is 0 Å². The summed E-state index contributed by atoms with van der Waals surface area (Å²) in [7, 11) is 0. The monoisotopic (exact) mass is 1090 g/mol. The molecule has 0 aliphatic heterocycles. The fourth-order valence-electron chi connectivity index (χ4n) is 9.58. The molecule has 0 aromatic rings. The quantitative estimate of drug-likeness (QED) is 0.0261. The second kappa shape index (κ2) is 66.1. The Balaban J connectivity index is 4.20. The van der Waals surface area contributed by atoms with E-state index in [1.807, 2.05) is 0 Å². The van der Waals surface area contributed by atoms with Crippen LogP contribution in [0.3, 0.4) is 0 Å². The summed E-state index contributed by atoms with van der Waals surface area (Å²) in [6.45, 7) is 6.51. The zero-order valence-corrected chi connectivity index (χ0v) is 51.7. The van der Waals surface area contributed by atoms with E-state index in [1.54, 1.807) is 0 Å². The minimum atomic E-state index is -0.793. The second-order valence-corrected chi connectivity index (χ2v) is 22.3. The molecule has 0 amide bonds. The van der Waals surface area contributed by atoms with Crippen LogP contribution in [0.15, 0.2) is 85.1 Å². The Bertz CT molecular complexity index is 1480. The van der Waals surface area contributed by atoms with Crippen LogP contribution in [-0.4, -0.2) is 37.2 Å². The van der Waals surface area contributed by atoms with Crippen LogP contribution < -0.4 is 0 Å². The van der Waals surface area contributed by atoms with E-state index in [-0.39, 0.29) is 31.1 Å². The molecular weight excluding hydrogens is 961 g/mol. The molecule has 0 spiro atoms. The summed E-state index contributed by atoms with van der Waals surface area (Å²) in [4.78, 5) is 38.3. The Hall–Kier alpha value is -3.41. The molecule has 1 atom stereocenters. The molecular formula is C72H126O6. The van der Waals surface area contributed by atoms with E-state index in [4.69, 9.17) is 14.2 Å². The van der Waals surface area contributed by atoms with Crippen molar-refractivity contribution in [3.63, 3.8) is 0 Å². The number of ether oxygens (including phenoxy) is 3. The Morgan fingerprint density at radius 3 is 0.808 bits per heavy atom.